The Morgan fingerprint density at radius 2 is 1.92 bits per heavy atom. The van der Waals surface area contributed by atoms with Gasteiger partial charge in [-0.1, -0.05) is 20.8 Å². The molecule has 0 spiro atoms. The third kappa shape index (κ3) is 5.05. The van der Waals surface area contributed by atoms with Gasteiger partial charge in [0.2, 0.25) is 10.0 Å². The van der Waals surface area contributed by atoms with Crippen molar-refractivity contribution in [2.75, 3.05) is 6.54 Å². The maximum absolute atomic E-state index is 14.0. The van der Waals surface area contributed by atoms with Crippen molar-refractivity contribution in [1.82, 2.24) is 9.29 Å². The van der Waals surface area contributed by atoms with E-state index < -0.39 is 15.3 Å². The Labute approximate surface area is 158 Å². The van der Waals surface area contributed by atoms with Crippen LogP contribution in [-0.2, 0) is 23.0 Å². The Bertz CT molecular complexity index is 867. The van der Waals surface area contributed by atoms with Crippen LogP contribution in [0.3, 0.4) is 0 Å². The van der Waals surface area contributed by atoms with Crippen LogP contribution in [0.1, 0.15) is 40.2 Å². The van der Waals surface area contributed by atoms with Gasteiger partial charge in [-0.25, -0.2) is 17.5 Å². The van der Waals surface area contributed by atoms with E-state index in [9.17, 15) is 12.8 Å². The van der Waals surface area contributed by atoms with Gasteiger partial charge in [0.15, 0.2) is 0 Å². The molecule has 4 nitrogen and oxygen atoms in total. The Morgan fingerprint density at radius 1 is 1.28 bits per heavy atom. The van der Waals surface area contributed by atoms with Gasteiger partial charge in [-0.15, -0.1) is 0 Å². The summed E-state index contributed by atoms with van der Waals surface area (Å²) in [4.78, 5) is 0. The molecule has 2 rings (SSSR count). The number of halogens is 2. The second-order valence-corrected chi connectivity index (χ2v) is 11.0. The fourth-order valence-corrected chi connectivity index (χ4v) is 3.75. The standard InChI is InChI=1S/C18H26BrFN2O2S/c1-12(2)25(23,24)21-7-6-13-10-22(11-18(3,4)5)17-9-15(19)16(20)8-14(13)17/h8-10,12,21H,6-7,11H2,1-5H3. The van der Waals surface area contributed by atoms with Gasteiger partial charge in [-0.3, -0.25) is 0 Å². The number of nitrogens with zero attached hydrogens (tertiary/aromatic N) is 1. The lowest BCUT2D eigenvalue weighted by molar-refractivity contribution is 0.349. The summed E-state index contributed by atoms with van der Waals surface area (Å²) in [6.07, 6.45) is 2.52. The molecule has 0 amide bonds. The van der Waals surface area contributed by atoms with E-state index in [0.717, 1.165) is 23.0 Å². The zero-order valence-electron chi connectivity index (χ0n) is 15.4. The Balaban J connectivity index is 2.34. The number of hydrogen-bond acceptors (Lipinski definition) is 2. The Kier molecular flexibility index (Phi) is 6.01. The van der Waals surface area contributed by atoms with Crippen molar-refractivity contribution in [2.45, 2.75) is 52.8 Å². The molecule has 0 aliphatic rings. The largest absolute Gasteiger partial charge is 0.347 e. The lowest BCUT2D eigenvalue weighted by atomic mass is 9.97. The minimum atomic E-state index is -3.30. The molecular weight excluding hydrogens is 407 g/mol. The summed E-state index contributed by atoms with van der Waals surface area (Å²) in [5.41, 5.74) is 1.96. The third-order valence-corrected chi connectivity index (χ3v) is 6.42. The van der Waals surface area contributed by atoms with Crippen molar-refractivity contribution < 1.29 is 12.8 Å². The van der Waals surface area contributed by atoms with Gasteiger partial charge >= 0.3 is 0 Å². The lowest BCUT2D eigenvalue weighted by Crippen LogP contribution is -2.32. The van der Waals surface area contributed by atoms with E-state index in [2.05, 4.69) is 46.0 Å². The Morgan fingerprint density at radius 3 is 2.48 bits per heavy atom. The topological polar surface area (TPSA) is 51.1 Å². The van der Waals surface area contributed by atoms with E-state index in [1.807, 2.05) is 6.20 Å². The predicted molar refractivity (Wildman–Crippen MR) is 105 cm³/mol. The molecule has 0 atom stereocenters. The average molecular weight is 433 g/mol. The number of fused-ring (bicyclic) bond motifs is 1. The molecule has 7 heteroatoms. The van der Waals surface area contributed by atoms with Crippen LogP contribution >= 0.6 is 15.9 Å². The third-order valence-electron chi connectivity index (χ3n) is 3.97. The van der Waals surface area contributed by atoms with Gasteiger partial charge in [0, 0.05) is 30.2 Å². The molecule has 1 N–H and O–H groups in total. The molecule has 1 aromatic carbocycles. The van der Waals surface area contributed by atoms with Gasteiger partial charge in [0.05, 0.1) is 9.72 Å². The van der Waals surface area contributed by atoms with E-state index in [1.165, 1.54) is 6.07 Å². The van der Waals surface area contributed by atoms with Gasteiger partial charge in [0.1, 0.15) is 5.82 Å². The smallest absolute Gasteiger partial charge is 0.213 e. The molecule has 1 heterocycles. The number of hydrogen-bond donors (Lipinski definition) is 1. The summed E-state index contributed by atoms with van der Waals surface area (Å²) in [5, 5.41) is 0.358. The first-order chi connectivity index (χ1) is 11.4. The molecule has 0 bridgehead atoms. The number of benzene rings is 1. The van der Waals surface area contributed by atoms with Crippen molar-refractivity contribution >= 4 is 36.9 Å². The van der Waals surface area contributed by atoms with E-state index in [0.29, 0.717) is 17.4 Å². The van der Waals surface area contributed by atoms with Gasteiger partial charge < -0.3 is 4.57 Å². The van der Waals surface area contributed by atoms with Crippen molar-refractivity contribution in [2.24, 2.45) is 5.41 Å². The quantitative estimate of drug-likeness (QED) is 0.732. The minimum absolute atomic E-state index is 0.0727. The van der Waals surface area contributed by atoms with Crippen LogP contribution in [0.15, 0.2) is 22.8 Å². The molecule has 2 aromatic rings. The summed E-state index contributed by atoms with van der Waals surface area (Å²) in [5.74, 6) is -0.315. The molecule has 1 aromatic heterocycles. The molecule has 140 valence electrons. The molecule has 0 radical (unpaired) electrons. The van der Waals surface area contributed by atoms with E-state index in [1.54, 1.807) is 19.9 Å². The monoisotopic (exact) mass is 432 g/mol. The summed E-state index contributed by atoms with van der Waals surface area (Å²) < 4.78 is 43.0. The van der Waals surface area contributed by atoms with Crippen molar-refractivity contribution in [3.05, 3.63) is 34.2 Å². The number of nitrogens with one attached hydrogen (secondary N) is 1. The molecule has 0 unspecified atom stereocenters. The van der Waals surface area contributed by atoms with Crippen molar-refractivity contribution in [3.8, 4) is 0 Å². The van der Waals surface area contributed by atoms with Crippen LogP contribution in [0.5, 0.6) is 0 Å². The van der Waals surface area contributed by atoms with Crippen molar-refractivity contribution in [1.29, 1.82) is 0 Å². The maximum atomic E-state index is 14.0. The molecule has 0 fully saturated rings. The number of sulfonamides is 1. The average Bonchev–Trinajstić information content (AvgIpc) is 2.75. The first-order valence-electron chi connectivity index (χ1n) is 8.36. The number of rotatable bonds is 6. The minimum Gasteiger partial charge on any atom is -0.347 e. The van der Waals surface area contributed by atoms with Gasteiger partial charge in [-0.2, -0.15) is 0 Å². The fraction of sp³-hybridized carbons (Fsp3) is 0.556. The van der Waals surface area contributed by atoms with Crippen LogP contribution in [0.4, 0.5) is 4.39 Å². The van der Waals surface area contributed by atoms with E-state index >= 15 is 0 Å². The normalized spacial score (nSPS) is 13.1. The first-order valence-corrected chi connectivity index (χ1v) is 10.7. The highest BCUT2D eigenvalue weighted by Gasteiger charge is 2.18. The second kappa shape index (κ2) is 7.37. The zero-order valence-corrected chi connectivity index (χ0v) is 17.8. The highest BCUT2D eigenvalue weighted by atomic mass is 79.9. The zero-order chi connectivity index (χ0) is 19.0. The summed E-state index contributed by atoms with van der Waals surface area (Å²) in [6.45, 7) is 10.8. The van der Waals surface area contributed by atoms with Crippen LogP contribution in [0.25, 0.3) is 10.9 Å². The Hall–Kier alpha value is -0.920. The second-order valence-electron chi connectivity index (χ2n) is 7.86. The fourth-order valence-electron chi connectivity index (χ4n) is 2.69. The van der Waals surface area contributed by atoms with Gasteiger partial charge in [-0.05, 0) is 59.3 Å². The highest BCUT2D eigenvalue weighted by Crippen LogP contribution is 2.30. The van der Waals surface area contributed by atoms with Crippen molar-refractivity contribution in [3.63, 3.8) is 0 Å². The summed E-state index contributed by atoms with van der Waals surface area (Å²) in [7, 11) is -3.30. The summed E-state index contributed by atoms with van der Waals surface area (Å²) in [6, 6.07) is 3.31. The van der Waals surface area contributed by atoms with E-state index in [4.69, 9.17) is 0 Å². The first kappa shape index (κ1) is 20.4. The molecule has 0 aliphatic carbocycles. The molecule has 0 aliphatic heterocycles. The number of aromatic nitrogens is 1. The predicted octanol–water partition coefficient (Wildman–Crippen LogP) is 4.46. The SMILES string of the molecule is CC(C)S(=O)(=O)NCCc1cn(CC(C)(C)C)c2cc(Br)c(F)cc12. The highest BCUT2D eigenvalue weighted by molar-refractivity contribution is 9.10. The lowest BCUT2D eigenvalue weighted by Gasteiger charge is -2.20. The van der Waals surface area contributed by atoms with Crippen LogP contribution < -0.4 is 4.72 Å². The molecule has 0 saturated carbocycles. The molecule has 25 heavy (non-hydrogen) atoms. The summed E-state index contributed by atoms with van der Waals surface area (Å²) >= 11 is 3.25. The maximum Gasteiger partial charge on any atom is 0.213 e. The van der Waals surface area contributed by atoms with Crippen LogP contribution in [0, 0.1) is 11.2 Å². The van der Waals surface area contributed by atoms with E-state index in [-0.39, 0.29) is 11.2 Å². The van der Waals surface area contributed by atoms with Gasteiger partial charge in [0.25, 0.3) is 0 Å². The van der Waals surface area contributed by atoms with Crippen LogP contribution in [0.2, 0.25) is 0 Å². The molecular formula is C18H26BrFN2O2S. The van der Waals surface area contributed by atoms with Crippen LogP contribution in [-0.4, -0.2) is 24.8 Å². The molecule has 0 saturated heterocycles.